The highest BCUT2D eigenvalue weighted by Gasteiger charge is 2.12. The van der Waals surface area contributed by atoms with Crippen LogP contribution in [0.3, 0.4) is 0 Å². The van der Waals surface area contributed by atoms with E-state index in [2.05, 4.69) is 15.3 Å². The van der Waals surface area contributed by atoms with Gasteiger partial charge in [0.05, 0.1) is 12.5 Å². The van der Waals surface area contributed by atoms with Gasteiger partial charge in [0.2, 0.25) is 0 Å². The maximum atomic E-state index is 3.96. The van der Waals surface area contributed by atoms with Gasteiger partial charge in [0, 0.05) is 6.04 Å². The topological polar surface area (TPSA) is 40.7 Å². The Morgan fingerprint density at radius 1 is 1.50 bits per heavy atom. The highest BCUT2D eigenvalue weighted by molar-refractivity contribution is 7.99. The van der Waals surface area contributed by atoms with E-state index in [-0.39, 0.29) is 0 Å². The van der Waals surface area contributed by atoms with Crippen molar-refractivity contribution < 1.29 is 0 Å². The van der Waals surface area contributed by atoms with Crippen LogP contribution in [0.4, 0.5) is 5.82 Å². The Bertz CT molecular complexity index is 216. The zero-order valence-corrected chi connectivity index (χ0v) is 7.73. The van der Waals surface area contributed by atoms with Crippen molar-refractivity contribution in [2.45, 2.75) is 18.9 Å². The molecule has 1 aromatic rings. The van der Waals surface area contributed by atoms with Gasteiger partial charge >= 0.3 is 0 Å². The van der Waals surface area contributed by atoms with Gasteiger partial charge in [-0.15, -0.1) is 0 Å². The lowest BCUT2D eigenvalue weighted by molar-refractivity contribution is 0.664. The summed E-state index contributed by atoms with van der Waals surface area (Å²) in [6, 6.07) is 0.645. The van der Waals surface area contributed by atoms with E-state index in [1.807, 2.05) is 18.0 Å². The van der Waals surface area contributed by atoms with Gasteiger partial charge in [-0.1, -0.05) is 0 Å². The van der Waals surface area contributed by atoms with Gasteiger partial charge in [-0.2, -0.15) is 11.8 Å². The molecule has 0 saturated carbocycles. The second-order valence-corrected chi connectivity index (χ2v) is 4.22. The molecule has 2 rings (SSSR count). The van der Waals surface area contributed by atoms with Crippen LogP contribution in [0.15, 0.2) is 12.5 Å². The van der Waals surface area contributed by atoms with E-state index in [0.29, 0.717) is 6.04 Å². The Morgan fingerprint density at radius 3 is 3.00 bits per heavy atom. The molecule has 1 aliphatic heterocycles. The molecule has 0 amide bonds. The number of aromatic nitrogens is 2. The Balaban J connectivity index is 1.86. The van der Waals surface area contributed by atoms with E-state index < -0.39 is 0 Å². The molecule has 0 unspecified atom stereocenters. The molecule has 1 aliphatic rings. The van der Waals surface area contributed by atoms with Crippen molar-refractivity contribution in [3.63, 3.8) is 0 Å². The van der Waals surface area contributed by atoms with E-state index in [4.69, 9.17) is 0 Å². The summed E-state index contributed by atoms with van der Waals surface area (Å²) < 4.78 is 0. The monoisotopic (exact) mass is 183 g/mol. The zero-order chi connectivity index (χ0) is 8.23. The van der Waals surface area contributed by atoms with E-state index >= 15 is 0 Å². The van der Waals surface area contributed by atoms with Crippen molar-refractivity contribution in [3.05, 3.63) is 12.5 Å². The minimum Gasteiger partial charge on any atom is -0.368 e. The van der Waals surface area contributed by atoms with Crippen molar-refractivity contribution in [1.82, 2.24) is 9.97 Å². The summed E-state index contributed by atoms with van der Waals surface area (Å²) in [6.45, 7) is 0. The second kappa shape index (κ2) is 3.85. The first kappa shape index (κ1) is 7.98. The first-order chi connectivity index (χ1) is 5.95. The standard InChI is InChI=1S/C8H13N3S/c1-3-12-4-2-7(1)11-8-5-9-6-10-8/h5-7,11H,1-4H2,(H,9,10). The molecule has 0 spiro atoms. The average molecular weight is 183 g/mol. The van der Waals surface area contributed by atoms with Gasteiger partial charge in [-0.05, 0) is 24.3 Å². The van der Waals surface area contributed by atoms with Crippen LogP contribution in [0.5, 0.6) is 0 Å². The van der Waals surface area contributed by atoms with Gasteiger partial charge in [0.15, 0.2) is 0 Å². The summed E-state index contributed by atoms with van der Waals surface area (Å²) >= 11 is 2.05. The molecule has 0 aliphatic carbocycles. The maximum absolute atomic E-state index is 3.96. The summed E-state index contributed by atoms with van der Waals surface area (Å²) in [5, 5.41) is 3.43. The minimum atomic E-state index is 0.645. The zero-order valence-electron chi connectivity index (χ0n) is 6.92. The number of nitrogens with one attached hydrogen (secondary N) is 2. The molecule has 66 valence electrons. The van der Waals surface area contributed by atoms with Crippen molar-refractivity contribution in [2.24, 2.45) is 0 Å². The predicted octanol–water partition coefficient (Wildman–Crippen LogP) is 1.72. The van der Waals surface area contributed by atoms with Crippen LogP contribution in [0.2, 0.25) is 0 Å². The molecule has 12 heavy (non-hydrogen) atoms. The molecule has 2 heterocycles. The number of H-pyrrole nitrogens is 1. The normalized spacial score (nSPS) is 19.3. The maximum Gasteiger partial charge on any atom is 0.123 e. The summed E-state index contributed by atoms with van der Waals surface area (Å²) in [5.74, 6) is 3.62. The third-order valence-electron chi connectivity index (χ3n) is 2.08. The van der Waals surface area contributed by atoms with Crippen LogP contribution in [-0.4, -0.2) is 27.5 Å². The highest BCUT2D eigenvalue weighted by atomic mass is 32.2. The van der Waals surface area contributed by atoms with Crippen LogP contribution in [-0.2, 0) is 0 Å². The highest BCUT2D eigenvalue weighted by Crippen LogP contribution is 2.19. The van der Waals surface area contributed by atoms with Crippen LogP contribution in [0.25, 0.3) is 0 Å². The number of thioether (sulfide) groups is 1. The van der Waals surface area contributed by atoms with E-state index in [1.165, 1.54) is 24.3 Å². The fourth-order valence-electron chi connectivity index (χ4n) is 1.40. The van der Waals surface area contributed by atoms with Gasteiger partial charge in [0.1, 0.15) is 5.82 Å². The molecule has 0 atom stereocenters. The van der Waals surface area contributed by atoms with Crippen LogP contribution < -0.4 is 5.32 Å². The molecule has 1 aromatic heterocycles. The Morgan fingerprint density at radius 2 is 2.33 bits per heavy atom. The fraction of sp³-hybridized carbons (Fsp3) is 0.625. The summed E-state index contributed by atoms with van der Waals surface area (Å²) in [4.78, 5) is 7.02. The largest absolute Gasteiger partial charge is 0.368 e. The van der Waals surface area contributed by atoms with Crippen LogP contribution >= 0.6 is 11.8 Å². The number of hydrogen-bond donors (Lipinski definition) is 2. The summed E-state index contributed by atoms with van der Waals surface area (Å²) in [5.41, 5.74) is 0. The van der Waals surface area contributed by atoms with E-state index in [1.54, 1.807) is 6.33 Å². The quantitative estimate of drug-likeness (QED) is 0.733. The minimum absolute atomic E-state index is 0.645. The predicted molar refractivity (Wildman–Crippen MR) is 52.6 cm³/mol. The molecular weight excluding hydrogens is 170 g/mol. The van der Waals surface area contributed by atoms with Gasteiger partial charge < -0.3 is 10.3 Å². The third-order valence-corrected chi connectivity index (χ3v) is 3.13. The number of aromatic amines is 1. The van der Waals surface area contributed by atoms with Crippen molar-refractivity contribution in [2.75, 3.05) is 16.8 Å². The number of nitrogens with zero attached hydrogens (tertiary/aromatic N) is 1. The van der Waals surface area contributed by atoms with Gasteiger partial charge in [-0.25, -0.2) is 4.98 Å². The first-order valence-electron chi connectivity index (χ1n) is 4.28. The molecule has 0 aromatic carbocycles. The van der Waals surface area contributed by atoms with Crippen molar-refractivity contribution in [3.8, 4) is 0 Å². The Labute approximate surface area is 76.4 Å². The molecule has 1 saturated heterocycles. The molecule has 0 radical (unpaired) electrons. The third kappa shape index (κ3) is 1.94. The van der Waals surface area contributed by atoms with Crippen LogP contribution in [0, 0.1) is 0 Å². The smallest absolute Gasteiger partial charge is 0.123 e. The lowest BCUT2D eigenvalue weighted by atomic mass is 10.1. The van der Waals surface area contributed by atoms with Gasteiger partial charge in [0.25, 0.3) is 0 Å². The lowest BCUT2D eigenvalue weighted by Crippen LogP contribution is -2.24. The molecule has 1 fully saturated rings. The number of imidazole rings is 1. The van der Waals surface area contributed by atoms with Crippen LogP contribution in [0.1, 0.15) is 12.8 Å². The molecular formula is C8H13N3S. The van der Waals surface area contributed by atoms with Gasteiger partial charge in [-0.3, -0.25) is 0 Å². The second-order valence-electron chi connectivity index (χ2n) is 3.00. The molecule has 4 heteroatoms. The number of anilines is 1. The Kier molecular flexibility index (Phi) is 2.56. The average Bonchev–Trinajstić information content (AvgIpc) is 2.59. The fourth-order valence-corrected chi connectivity index (χ4v) is 2.50. The lowest BCUT2D eigenvalue weighted by Gasteiger charge is -2.22. The SMILES string of the molecule is c1ncc(NC2CCSCC2)[nH]1. The number of rotatable bonds is 2. The van der Waals surface area contributed by atoms with Crippen molar-refractivity contribution in [1.29, 1.82) is 0 Å². The number of hydrogen-bond acceptors (Lipinski definition) is 3. The summed E-state index contributed by atoms with van der Waals surface area (Å²) in [6.07, 6.45) is 6.08. The molecule has 2 N–H and O–H groups in total. The summed E-state index contributed by atoms with van der Waals surface area (Å²) in [7, 11) is 0. The molecule has 0 bridgehead atoms. The van der Waals surface area contributed by atoms with E-state index in [0.717, 1.165) is 5.82 Å². The molecule has 3 nitrogen and oxygen atoms in total. The van der Waals surface area contributed by atoms with E-state index in [9.17, 15) is 0 Å². The first-order valence-corrected chi connectivity index (χ1v) is 5.43. The van der Waals surface area contributed by atoms with Crippen molar-refractivity contribution >= 4 is 17.6 Å². The Hall–Kier alpha value is -0.640.